The lowest BCUT2D eigenvalue weighted by Crippen LogP contribution is -2.06. The molecule has 7 heteroatoms. The Bertz CT molecular complexity index is 1400. The van der Waals surface area contributed by atoms with Gasteiger partial charge in [0.25, 0.3) is 0 Å². The van der Waals surface area contributed by atoms with Crippen LogP contribution in [0, 0.1) is 6.57 Å². The van der Waals surface area contributed by atoms with Crippen molar-refractivity contribution in [1.82, 2.24) is 4.98 Å². The lowest BCUT2D eigenvalue weighted by atomic mass is 10.0. The van der Waals surface area contributed by atoms with Crippen molar-refractivity contribution >= 4 is 34.0 Å². The normalized spacial score (nSPS) is 10.6. The van der Waals surface area contributed by atoms with Crippen molar-refractivity contribution in [2.45, 2.75) is 25.7 Å². The van der Waals surface area contributed by atoms with Crippen molar-refractivity contribution in [3.05, 3.63) is 95.5 Å². The number of pyridine rings is 1. The average molecular weight is 515 g/mol. The molecule has 0 unspecified atom stereocenters. The predicted octanol–water partition coefficient (Wildman–Crippen LogP) is 7.34. The quantitative estimate of drug-likeness (QED) is 0.112. The molecule has 0 fully saturated rings. The number of hydrogen-bond donors (Lipinski definition) is 0. The van der Waals surface area contributed by atoms with Gasteiger partial charge in [-0.3, -0.25) is 9.78 Å². The predicted molar refractivity (Wildman–Crippen MR) is 145 cm³/mol. The molecule has 0 saturated heterocycles. The number of alkyl halides is 1. The van der Waals surface area contributed by atoms with Gasteiger partial charge in [-0.25, -0.2) is 4.85 Å². The van der Waals surface area contributed by atoms with Crippen molar-refractivity contribution in [3.8, 4) is 23.0 Å². The third-order valence-electron chi connectivity index (χ3n) is 5.80. The van der Waals surface area contributed by atoms with Crippen LogP contribution in [0.3, 0.4) is 0 Å². The van der Waals surface area contributed by atoms with Crippen LogP contribution in [-0.4, -0.2) is 30.4 Å². The van der Waals surface area contributed by atoms with E-state index in [9.17, 15) is 4.79 Å². The third-order valence-corrected chi connectivity index (χ3v) is 6.07. The molecule has 188 valence electrons. The molecular weight excluding hydrogens is 488 g/mol. The fourth-order valence-corrected chi connectivity index (χ4v) is 4.06. The van der Waals surface area contributed by atoms with Crippen molar-refractivity contribution in [3.63, 3.8) is 0 Å². The molecule has 4 aromatic rings. The summed E-state index contributed by atoms with van der Waals surface area (Å²) in [7, 11) is 1.62. The fraction of sp³-hybridized carbons (Fsp3) is 0.233. The number of hydrogen-bond acceptors (Lipinski definition) is 5. The number of unbranched alkanes of at least 4 members (excludes halogenated alkanes) is 1. The summed E-state index contributed by atoms with van der Waals surface area (Å²) in [5.74, 6) is 3.21. The molecule has 0 aliphatic rings. The van der Waals surface area contributed by atoms with E-state index < -0.39 is 0 Å². The highest BCUT2D eigenvalue weighted by molar-refractivity contribution is 6.17. The zero-order valence-corrected chi connectivity index (χ0v) is 21.3. The smallest absolute Gasteiger partial charge is 0.229 e. The van der Waals surface area contributed by atoms with E-state index in [1.54, 1.807) is 31.5 Å². The molecule has 6 nitrogen and oxygen atoms in total. The number of nitrogens with zero attached hydrogens (tertiary/aromatic N) is 2. The fourth-order valence-electron chi connectivity index (χ4n) is 3.87. The summed E-state index contributed by atoms with van der Waals surface area (Å²) in [5, 5.41) is 0.723. The van der Waals surface area contributed by atoms with Crippen LogP contribution in [0.5, 0.6) is 23.0 Å². The van der Waals surface area contributed by atoms with Gasteiger partial charge in [0.05, 0.1) is 25.8 Å². The number of benzene rings is 3. The zero-order chi connectivity index (χ0) is 26.0. The van der Waals surface area contributed by atoms with Gasteiger partial charge in [0, 0.05) is 30.3 Å². The maximum Gasteiger partial charge on any atom is 0.229 e. The molecule has 4 rings (SSSR count). The molecule has 0 N–H and O–H groups in total. The summed E-state index contributed by atoms with van der Waals surface area (Å²) in [6.45, 7) is 8.06. The maximum atomic E-state index is 12.5. The summed E-state index contributed by atoms with van der Waals surface area (Å²) < 4.78 is 17.1. The first-order valence-corrected chi connectivity index (χ1v) is 12.5. The first-order valence-electron chi connectivity index (χ1n) is 12.0. The van der Waals surface area contributed by atoms with E-state index in [1.165, 1.54) is 0 Å². The van der Waals surface area contributed by atoms with Gasteiger partial charge in [0.15, 0.2) is 0 Å². The SMILES string of the molecule is [C-]#[N+]c1cc2c(Oc3ccc(CC(=O)Cc4ccc(OC)cc4)cc3)ccnc2cc1OCCCCCl. The first-order chi connectivity index (χ1) is 18.1. The summed E-state index contributed by atoms with van der Waals surface area (Å²) in [6.07, 6.45) is 4.05. The summed E-state index contributed by atoms with van der Waals surface area (Å²) >= 11 is 5.73. The van der Waals surface area contributed by atoms with Crippen LogP contribution in [0.2, 0.25) is 0 Å². The summed E-state index contributed by atoms with van der Waals surface area (Å²) in [4.78, 5) is 20.6. The van der Waals surface area contributed by atoms with Crippen LogP contribution in [0.4, 0.5) is 5.69 Å². The summed E-state index contributed by atoms with van der Waals surface area (Å²) in [6, 6.07) is 20.3. The molecule has 0 bridgehead atoms. The molecule has 1 aromatic heterocycles. The van der Waals surface area contributed by atoms with Gasteiger partial charge in [0.2, 0.25) is 5.69 Å². The zero-order valence-electron chi connectivity index (χ0n) is 20.6. The molecule has 0 aliphatic carbocycles. The van der Waals surface area contributed by atoms with Gasteiger partial charge >= 0.3 is 0 Å². The van der Waals surface area contributed by atoms with Crippen LogP contribution in [0.1, 0.15) is 24.0 Å². The van der Waals surface area contributed by atoms with Crippen LogP contribution in [0.15, 0.2) is 72.9 Å². The number of Topliss-reactive ketones (excluding diaryl/α,β-unsaturated/α-hetero) is 1. The monoisotopic (exact) mass is 514 g/mol. The Labute approximate surface area is 221 Å². The Hall–Kier alpha value is -4.08. The lowest BCUT2D eigenvalue weighted by molar-refractivity contribution is -0.117. The molecule has 0 atom stereocenters. The number of ketones is 1. The number of halogens is 1. The van der Waals surface area contributed by atoms with Crippen LogP contribution in [0.25, 0.3) is 15.7 Å². The Kier molecular flexibility index (Phi) is 8.96. The largest absolute Gasteiger partial charge is 0.505 e. The number of fused-ring (bicyclic) bond motifs is 1. The van der Waals surface area contributed by atoms with Crippen molar-refractivity contribution in [1.29, 1.82) is 0 Å². The first kappa shape index (κ1) is 26.0. The van der Waals surface area contributed by atoms with Crippen molar-refractivity contribution < 1.29 is 19.0 Å². The molecule has 3 aromatic carbocycles. The van der Waals surface area contributed by atoms with E-state index in [4.69, 9.17) is 32.4 Å². The molecule has 1 heterocycles. The maximum absolute atomic E-state index is 12.5. The Morgan fingerprint density at radius 3 is 2.22 bits per heavy atom. The molecule has 0 aliphatic heterocycles. The number of methoxy groups -OCH3 is 1. The number of rotatable bonds is 12. The topological polar surface area (TPSA) is 62.0 Å². The van der Waals surface area contributed by atoms with Crippen LogP contribution in [-0.2, 0) is 17.6 Å². The van der Waals surface area contributed by atoms with Crippen molar-refractivity contribution in [2.24, 2.45) is 0 Å². The van der Waals surface area contributed by atoms with E-state index in [-0.39, 0.29) is 5.78 Å². The number of aromatic nitrogens is 1. The van der Waals surface area contributed by atoms with Gasteiger partial charge in [-0.15, -0.1) is 11.6 Å². The van der Waals surface area contributed by atoms with Crippen LogP contribution < -0.4 is 14.2 Å². The minimum Gasteiger partial charge on any atom is -0.505 e. The molecule has 0 saturated carbocycles. The van der Waals surface area contributed by atoms with Gasteiger partial charge in [-0.05, 0) is 66.4 Å². The van der Waals surface area contributed by atoms with E-state index in [0.29, 0.717) is 53.8 Å². The third kappa shape index (κ3) is 6.99. The Morgan fingerprint density at radius 2 is 1.59 bits per heavy atom. The molecule has 0 radical (unpaired) electrons. The minimum absolute atomic E-state index is 0.131. The number of carbonyl (C=O) groups is 1. The lowest BCUT2D eigenvalue weighted by Gasteiger charge is -2.12. The van der Waals surface area contributed by atoms with Gasteiger partial charge in [-0.1, -0.05) is 24.3 Å². The van der Waals surface area contributed by atoms with Gasteiger partial charge in [-0.2, -0.15) is 0 Å². The second-order valence-electron chi connectivity index (χ2n) is 8.49. The van der Waals surface area contributed by atoms with Crippen molar-refractivity contribution in [2.75, 3.05) is 19.6 Å². The average Bonchev–Trinajstić information content (AvgIpc) is 2.92. The highest BCUT2D eigenvalue weighted by Gasteiger charge is 2.12. The Balaban J connectivity index is 1.43. The summed E-state index contributed by atoms with van der Waals surface area (Å²) in [5.41, 5.74) is 2.95. The highest BCUT2D eigenvalue weighted by Crippen LogP contribution is 2.37. The van der Waals surface area contributed by atoms with E-state index >= 15 is 0 Å². The Morgan fingerprint density at radius 1 is 0.919 bits per heavy atom. The number of ether oxygens (including phenoxy) is 3. The molecular formula is C30H27ClN2O4. The van der Waals surface area contributed by atoms with Gasteiger partial charge in [0.1, 0.15) is 28.8 Å². The van der Waals surface area contributed by atoms with Crippen LogP contribution >= 0.6 is 11.6 Å². The van der Waals surface area contributed by atoms with E-state index in [2.05, 4.69) is 9.83 Å². The molecule has 37 heavy (non-hydrogen) atoms. The van der Waals surface area contributed by atoms with E-state index in [0.717, 1.165) is 35.1 Å². The standard InChI is InChI=1S/C30H27ClN2O4/c1-32-28-19-26-27(20-30(28)36-16-4-3-14-31)33-15-13-29(26)37-25-11-7-22(8-12-25)18-23(34)17-21-5-9-24(35-2)10-6-21/h5-13,15,19-20H,3-4,14,16-18H2,2H3. The molecule has 0 spiro atoms. The highest BCUT2D eigenvalue weighted by atomic mass is 35.5. The number of carbonyl (C=O) groups excluding carboxylic acids is 1. The second-order valence-corrected chi connectivity index (χ2v) is 8.87. The van der Waals surface area contributed by atoms with E-state index in [1.807, 2.05) is 48.5 Å². The van der Waals surface area contributed by atoms with Gasteiger partial charge < -0.3 is 14.2 Å². The minimum atomic E-state index is 0.131. The second kappa shape index (κ2) is 12.8. The molecule has 0 amide bonds.